The lowest BCUT2D eigenvalue weighted by Gasteiger charge is -2.27. The second-order valence-corrected chi connectivity index (χ2v) is 9.44. The number of nitrogens with two attached hydrogens (primary N) is 1. The first-order valence-electron chi connectivity index (χ1n) is 11.2. The van der Waals surface area contributed by atoms with Gasteiger partial charge in [0.25, 0.3) is 0 Å². The van der Waals surface area contributed by atoms with Crippen LogP contribution in [0.3, 0.4) is 0 Å². The number of hydrogen-bond acceptors (Lipinski definition) is 7. The van der Waals surface area contributed by atoms with Crippen LogP contribution in [0.15, 0.2) is 30.3 Å². The fourth-order valence-electron chi connectivity index (χ4n) is 3.13. The highest BCUT2D eigenvalue weighted by Gasteiger charge is 2.32. The van der Waals surface area contributed by atoms with Crippen molar-refractivity contribution in [2.45, 2.75) is 57.3 Å². The van der Waals surface area contributed by atoms with Crippen LogP contribution in [0.25, 0.3) is 0 Å². The van der Waals surface area contributed by atoms with Crippen LogP contribution >= 0.6 is 24.4 Å². The molecule has 1 rings (SSSR count). The van der Waals surface area contributed by atoms with Gasteiger partial charge in [-0.25, -0.2) is 4.79 Å². The molecule has 5 unspecified atom stereocenters. The van der Waals surface area contributed by atoms with Crippen molar-refractivity contribution >= 4 is 48.1 Å². The minimum Gasteiger partial charge on any atom is -0.480 e. The van der Waals surface area contributed by atoms with Gasteiger partial charge in [-0.05, 0) is 29.9 Å². The second-order valence-electron chi connectivity index (χ2n) is 8.09. The highest BCUT2D eigenvalue weighted by atomic mass is 32.2. The van der Waals surface area contributed by atoms with E-state index in [9.17, 15) is 24.3 Å². The molecule has 0 saturated heterocycles. The molecule has 0 fully saturated rings. The summed E-state index contributed by atoms with van der Waals surface area (Å²) in [5.74, 6) is -2.31. The molecule has 9 nitrogen and oxygen atoms in total. The molecule has 0 saturated carbocycles. The number of benzene rings is 1. The van der Waals surface area contributed by atoms with Crippen LogP contribution in [-0.4, -0.2) is 70.7 Å². The maximum atomic E-state index is 13.1. The average Bonchev–Trinajstić information content (AvgIpc) is 2.83. The van der Waals surface area contributed by atoms with Crippen molar-refractivity contribution in [3.63, 3.8) is 0 Å². The third kappa shape index (κ3) is 9.94. The molecule has 0 aliphatic rings. The first-order chi connectivity index (χ1) is 16.1. The second kappa shape index (κ2) is 15.6. The Morgan fingerprint density at radius 3 is 2.18 bits per heavy atom. The Bertz CT molecular complexity index is 812. The Kier molecular flexibility index (Phi) is 13.7. The fourth-order valence-corrected chi connectivity index (χ4v) is 3.77. The van der Waals surface area contributed by atoms with E-state index in [2.05, 4.69) is 28.6 Å². The summed E-state index contributed by atoms with van der Waals surface area (Å²) in [7, 11) is 0. The Hall–Kier alpha value is -2.24. The lowest BCUT2D eigenvalue weighted by atomic mass is 9.97. The summed E-state index contributed by atoms with van der Waals surface area (Å²) in [6, 6.07) is 5.10. The molecule has 0 heterocycles. The number of aliphatic carboxylic acids is 1. The molecule has 0 aromatic heterocycles. The molecule has 0 aliphatic heterocycles. The van der Waals surface area contributed by atoms with Gasteiger partial charge in [-0.2, -0.15) is 24.4 Å². The van der Waals surface area contributed by atoms with E-state index in [1.807, 2.05) is 26.2 Å². The molecule has 3 amide bonds. The van der Waals surface area contributed by atoms with Gasteiger partial charge in [0.1, 0.15) is 18.1 Å². The normalized spacial score (nSPS) is 15.3. The predicted molar refractivity (Wildman–Crippen MR) is 138 cm³/mol. The minimum absolute atomic E-state index is 0.109. The zero-order chi connectivity index (χ0) is 25.7. The number of thiol groups is 1. The number of carbonyl (C=O) groups is 4. The number of carboxylic acid groups (broad SMARTS) is 1. The SMILES string of the molecule is CCC(C)C(NC(=O)C(N)CS)C(=O)NC(CCSC)C(=O)NC(Cc1ccccc1)C(=O)O. The maximum Gasteiger partial charge on any atom is 0.326 e. The first-order valence-corrected chi connectivity index (χ1v) is 13.2. The van der Waals surface area contributed by atoms with Gasteiger partial charge in [-0.1, -0.05) is 50.6 Å². The van der Waals surface area contributed by atoms with E-state index >= 15 is 0 Å². The molecule has 6 N–H and O–H groups in total. The summed E-state index contributed by atoms with van der Waals surface area (Å²) in [5.41, 5.74) is 6.49. The Morgan fingerprint density at radius 2 is 1.65 bits per heavy atom. The standard InChI is InChI=1S/C23H36N4O5S2/c1-4-14(2)19(27-20(28)16(24)13-33)22(30)25-17(10-11-34-3)21(29)26-18(23(31)32)12-15-8-6-5-7-9-15/h5-9,14,16-19,33H,4,10-13,24H2,1-3H3,(H,25,30)(H,26,29)(H,27,28)(H,31,32). The van der Waals surface area contributed by atoms with Gasteiger partial charge in [0.15, 0.2) is 0 Å². The van der Waals surface area contributed by atoms with Crippen LogP contribution in [0, 0.1) is 5.92 Å². The van der Waals surface area contributed by atoms with Gasteiger partial charge in [-0.15, -0.1) is 0 Å². The van der Waals surface area contributed by atoms with Crippen LogP contribution in [-0.2, 0) is 25.6 Å². The topological polar surface area (TPSA) is 151 Å². The summed E-state index contributed by atoms with van der Waals surface area (Å²) in [6.45, 7) is 3.70. The van der Waals surface area contributed by atoms with Gasteiger partial charge < -0.3 is 26.8 Å². The van der Waals surface area contributed by atoms with Crippen LogP contribution in [0.4, 0.5) is 0 Å². The number of carbonyl (C=O) groups excluding carboxylic acids is 3. The molecule has 0 spiro atoms. The smallest absolute Gasteiger partial charge is 0.326 e. The van der Waals surface area contributed by atoms with E-state index in [0.29, 0.717) is 18.6 Å². The quantitative estimate of drug-likeness (QED) is 0.190. The maximum absolute atomic E-state index is 13.1. The zero-order valence-corrected chi connectivity index (χ0v) is 21.5. The van der Waals surface area contributed by atoms with Crippen LogP contribution in [0.2, 0.25) is 0 Å². The molecule has 0 bridgehead atoms. The van der Waals surface area contributed by atoms with Crippen molar-refractivity contribution in [3.05, 3.63) is 35.9 Å². The average molecular weight is 513 g/mol. The molecule has 34 heavy (non-hydrogen) atoms. The van der Waals surface area contributed by atoms with Crippen molar-refractivity contribution in [1.82, 2.24) is 16.0 Å². The van der Waals surface area contributed by atoms with Crippen molar-refractivity contribution in [2.24, 2.45) is 11.7 Å². The number of amides is 3. The van der Waals surface area contributed by atoms with Crippen molar-refractivity contribution < 1.29 is 24.3 Å². The highest BCUT2D eigenvalue weighted by Crippen LogP contribution is 2.11. The summed E-state index contributed by atoms with van der Waals surface area (Å²) < 4.78 is 0. The third-order valence-electron chi connectivity index (χ3n) is 5.47. The highest BCUT2D eigenvalue weighted by molar-refractivity contribution is 7.98. The molecule has 190 valence electrons. The Balaban J connectivity index is 2.99. The molecule has 0 radical (unpaired) electrons. The molecule has 1 aromatic carbocycles. The molecule has 11 heteroatoms. The molecule has 1 aromatic rings. The fraction of sp³-hybridized carbons (Fsp3) is 0.565. The van der Waals surface area contributed by atoms with Crippen molar-refractivity contribution in [3.8, 4) is 0 Å². The number of carboxylic acids is 1. The van der Waals surface area contributed by atoms with Crippen LogP contribution < -0.4 is 21.7 Å². The van der Waals surface area contributed by atoms with E-state index in [-0.39, 0.29) is 18.1 Å². The summed E-state index contributed by atoms with van der Waals surface area (Å²) >= 11 is 5.52. The van der Waals surface area contributed by atoms with E-state index in [4.69, 9.17) is 5.73 Å². The lowest BCUT2D eigenvalue weighted by Crippen LogP contribution is -2.59. The Labute approximate surface area is 210 Å². The zero-order valence-electron chi connectivity index (χ0n) is 19.8. The molecular formula is C23H36N4O5S2. The van der Waals surface area contributed by atoms with E-state index in [1.54, 1.807) is 24.3 Å². The largest absolute Gasteiger partial charge is 0.480 e. The van der Waals surface area contributed by atoms with Crippen molar-refractivity contribution in [2.75, 3.05) is 17.8 Å². The summed E-state index contributed by atoms with van der Waals surface area (Å²) in [6.07, 6.45) is 2.88. The predicted octanol–water partition coefficient (Wildman–Crippen LogP) is 0.824. The van der Waals surface area contributed by atoms with Gasteiger partial charge in [0, 0.05) is 12.2 Å². The van der Waals surface area contributed by atoms with Crippen LogP contribution in [0.5, 0.6) is 0 Å². The molecular weight excluding hydrogens is 476 g/mol. The first kappa shape index (κ1) is 29.8. The summed E-state index contributed by atoms with van der Waals surface area (Å²) in [4.78, 5) is 50.2. The Morgan fingerprint density at radius 1 is 1.03 bits per heavy atom. The number of hydrogen-bond donors (Lipinski definition) is 6. The minimum atomic E-state index is -1.17. The van der Waals surface area contributed by atoms with Crippen LogP contribution in [0.1, 0.15) is 32.3 Å². The number of nitrogens with one attached hydrogen (secondary N) is 3. The molecule has 5 atom stereocenters. The van der Waals surface area contributed by atoms with E-state index in [1.165, 1.54) is 11.8 Å². The van der Waals surface area contributed by atoms with Gasteiger partial charge in [0.05, 0.1) is 6.04 Å². The van der Waals surface area contributed by atoms with Crippen molar-refractivity contribution in [1.29, 1.82) is 0 Å². The van der Waals surface area contributed by atoms with E-state index < -0.39 is 47.9 Å². The van der Waals surface area contributed by atoms with Gasteiger partial charge >= 0.3 is 5.97 Å². The number of thioether (sulfide) groups is 1. The van der Waals surface area contributed by atoms with E-state index in [0.717, 1.165) is 5.56 Å². The lowest BCUT2D eigenvalue weighted by molar-refractivity contribution is -0.142. The van der Waals surface area contributed by atoms with Gasteiger partial charge in [-0.3, -0.25) is 14.4 Å². The number of rotatable bonds is 15. The summed E-state index contributed by atoms with van der Waals surface area (Å²) in [5, 5.41) is 17.5. The third-order valence-corrected chi connectivity index (χ3v) is 6.50. The monoisotopic (exact) mass is 512 g/mol. The molecule has 0 aliphatic carbocycles. The van der Waals surface area contributed by atoms with Gasteiger partial charge in [0.2, 0.25) is 17.7 Å².